The second-order valence-corrected chi connectivity index (χ2v) is 10.3. The molecule has 10 nitrogen and oxygen atoms in total. The van der Waals surface area contributed by atoms with Gasteiger partial charge in [-0.1, -0.05) is 42.5 Å². The molecule has 0 spiro atoms. The van der Waals surface area contributed by atoms with Crippen LogP contribution >= 0.6 is 11.8 Å². The highest BCUT2D eigenvalue weighted by molar-refractivity contribution is 8.00. The molecule has 0 aliphatic carbocycles. The SMILES string of the molecule is Cc1ccc(C(=O)O)cc1NC(=O)C(Sc1cccc(NC(=O)c2ccc(C(=O)O)cc2C(=O)O)c1)c1ccccc1. The summed E-state index contributed by atoms with van der Waals surface area (Å²) in [7, 11) is 0. The Morgan fingerprint density at radius 3 is 2.00 bits per heavy atom. The van der Waals surface area contributed by atoms with E-state index in [9.17, 15) is 34.2 Å². The van der Waals surface area contributed by atoms with Crippen LogP contribution in [0, 0.1) is 6.92 Å². The molecule has 0 saturated heterocycles. The van der Waals surface area contributed by atoms with Gasteiger partial charge in [0.25, 0.3) is 5.91 Å². The second kappa shape index (κ2) is 12.8. The van der Waals surface area contributed by atoms with Crippen molar-refractivity contribution in [1.29, 1.82) is 0 Å². The fraction of sp³-hybridized carbons (Fsp3) is 0.0645. The molecular formula is C31H24N2O8S. The largest absolute Gasteiger partial charge is 0.478 e. The number of carbonyl (C=O) groups is 5. The first kappa shape index (κ1) is 29.6. The van der Waals surface area contributed by atoms with Crippen molar-refractivity contribution in [3.8, 4) is 0 Å². The van der Waals surface area contributed by atoms with E-state index in [-0.39, 0.29) is 16.7 Å². The maximum Gasteiger partial charge on any atom is 0.336 e. The van der Waals surface area contributed by atoms with Crippen molar-refractivity contribution in [2.75, 3.05) is 10.6 Å². The lowest BCUT2D eigenvalue weighted by atomic mass is 10.0. The van der Waals surface area contributed by atoms with Gasteiger partial charge >= 0.3 is 17.9 Å². The summed E-state index contributed by atoms with van der Waals surface area (Å²) >= 11 is 1.20. The van der Waals surface area contributed by atoms with Gasteiger partial charge in [0.1, 0.15) is 5.25 Å². The van der Waals surface area contributed by atoms with Crippen LogP contribution in [0.1, 0.15) is 57.8 Å². The molecule has 0 aliphatic rings. The van der Waals surface area contributed by atoms with Gasteiger partial charge in [0.15, 0.2) is 0 Å². The topological polar surface area (TPSA) is 170 Å². The molecule has 11 heteroatoms. The van der Waals surface area contributed by atoms with E-state index in [1.165, 1.54) is 23.9 Å². The van der Waals surface area contributed by atoms with Gasteiger partial charge in [-0.25, -0.2) is 14.4 Å². The van der Waals surface area contributed by atoms with Crippen LogP contribution in [-0.4, -0.2) is 45.0 Å². The number of amides is 2. The van der Waals surface area contributed by atoms with Crippen molar-refractivity contribution in [2.24, 2.45) is 0 Å². The molecule has 212 valence electrons. The molecule has 0 aliphatic heterocycles. The molecule has 42 heavy (non-hydrogen) atoms. The highest BCUT2D eigenvalue weighted by Gasteiger charge is 2.24. The Kier molecular flexibility index (Phi) is 9.03. The van der Waals surface area contributed by atoms with Crippen molar-refractivity contribution in [2.45, 2.75) is 17.1 Å². The molecule has 0 heterocycles. The van der Waals surface area contributed by atoms with Crippen molar-refractivity contribution < 1.29 is 39.3 Å². The average Bonchev–Trinajstić information content (AvgIpc) is 2.97. The predicted molar refractivity (Wildman–Crippen MR) is 157 cm³/mol. The van der Waals surface area contributed by atoms with E-state index in [4.69, 9.17) is 5.11 Å². The fourth-order valence-corrected chi connectivity index (χ4v) is 5.11. The van der Waals surface area contributed by atoms with Crippen LogP contribution in [0.2, 0.25) is 0 Å². The molecular weight excluding hydrogens is 560 g/mol. The van der Waals surface area contributed by atoms with Crippen LogP contribution in [0.5, 0.6) is 0 Å². The van der Waals surface area contributed by atoms with Crippen LogP contribution in [0.15, 0.2) is 95.9 Å². The first-order valence-corrected chi connectivity index (χ1v) is 13.3. The summed E-state index contributed by atoms with van der Waals surface area (Å²) in [5.41, 5.74) is 1.15. The zero-order chi connectivity index (χ0) is 30.4. The molecule has 4 aromatic carbocycles. The highest BCUT2D eigenvalue weighted by atomic mass is 32.2. The number of benzene rings is 4. The fourth-order valence-electron chi connectivity index (χ4n) is 4.02. The van der Waals surface area contributed by atoms with Gasteiger partial charge in [-0.15, -0.1) is 11.8 Å². The number of carboxylic acid groups (broad SMARTS) is 3. The van der Waals surface area contributed by atoms with E-state index >= 15 is 0 Å². The van der Waals surface area contributed by atoms with Gasteiger partial charge in [-0.3, -0.25) is 9.59 Å². The molecule has 1 unspecified atom stereocenters. The van der Waals surface area contributed by atoms with Crippen LogP contribution in [0.3, 0.4) is 0 Å². The summed E-state index contributed by atoms with van der Waals surface area (Å²) in [6.07, 6.45) is 0. The Morgan fingerprint density at radius 1 is 0.667 bits per heavy atom. The summed E-state index contributed by atoms with van der Waals surface area (Å²) in [6, 6.07) is 23.2. The summed E-state index contributed by atoms with van der Waals surface area (Å²) < 4.78 is 0. The number of anilines is 2. The Hall–Kier alpha value is -5.42. The lowest BCUT2D eigenvalue weighted by Gasteiger charge is -2.19. The summed E-state index contributed by atoms with van der Waals surface area (Å²) in [5.74, 6) is -5.04. The van der Waals surface area contributed by atoms with Gasteiger partial charge in [0.2, 0.25) is 5.91 Å². The number of carbonyl (C=O) groups excluding carboxylic acids is 2. The minimum atomic E-state index is -1.45. The Labute approximate surface area is 244 Å². The lowest BCUT2D eigenvalue weighted by molar-refractivity contribution is -0.115. The minimum Gasteiger partial charge on any atom is -0.478 e. The normalized spacial score (nSPS) is 11.3. The van der Waals surface area contributed by atoms with E-state index < -0.39 is 40.5 Å². The van der Waals surface area contributed by atoms with Crippen molar-refractivity contribution in [3.63, 3.8) is 0 Å². The molecule has 1 atom stereocenters. The second-order valence-electron chi connectivity index (χ2n) is 9.09. The third-order valence-corrected chi connectivity index (χ3v) is 7.42. The number of hydrogen-bond acceptors (Lipinski definition) is 6. The van der Waals surface area contributed by atoms with Crippen LogP contribution in [0.25, 0.3) is 0 Å². The molecule has 4 rings (SSSR count). The Balaban J connectivity index is 1.59. The molecule has 4 aromatic rings. The van der Waals surface area contributed by atoms with E-state index in [0.29, 0.717) is 27.4 Å². The number of hydrogen-bond donors (Lipinski definition) is 5. The van der Waals surface area contributed by atoms with E-state index in [1.54, 1.807) is 61.5 Å². The van der Waals surface area contributed by atoms with Crippen molar-refractivity contribution >= 4 is 52.9 Å². The Morgan fingerprint density at radius 2 is 1.33 bits per heavy atom. The number of aryl methyl sites for hydroxylation is 1. The van der Waals surface area contributed by atoms with E-state index in [0.717, 1.165) is 18.2 Å². The molecule has 5 N–H and O–H groups in total. The van der Waals surface area contributed by atoms with Crippen LogP contribution < -0.4 is 10.6 Å². The first-order chi connectivity index (χ1) is 20.0. The smallest absolute Gasteiger partial charge is 0.336 e. The quantitative estimate of drug-likeness (QED) is 0.144. The standard InChI is InChI=1S/C31H24N2O8S/c1-17-10-11-20(30(38)39)15-25(17)33-28(35)26(18-6-3-2-4-7-18)42-22-9-5-8-21(16-22)32-27(34)23-13-12-19(29(36)37)14-24(23)31(40)41/h2-16,26H,1H3,(H,32,34)(H,33,35)(H,36,37)(H,38,39)(H,40,41). The lowest BCUT2D eigenvalue weighted by Crippen LogP contribution is -2.20. The molecule has 0 fully saturated rings. The summed E-state index contributed by atoms with van der Waals surface area (Å²) in [6.45, 7) is 1.75. The maximum absolute atomic E-state index is 13.5. The molecule has 0 bridgehead atoms. The van der Waals surface area contributed by atoms with Gasteiger partial charge in [-0.2, -0.15) is 0 Å². The van der Waals surface area contributed by atoms with E-state index in [2.05, 4.69) is 10.6 Å². The molecule has 0 saturated carbocycles. The maximum atomic E-state index is 13.5. The van der Waals surface area contributed by atoms with Crippen LogP contribution in [-0.2, 0) is 4.79 Å². The van der Waals surface area contributed by atoms with Gasteiger partial charge in [-0.05, 0) is 66.6 Å². The minimum absolute atomic E-state index is 0.0342. The van der Waals surface area contributed by atoms with Gasteiger partial charge in [0, 0.05) is 16.3 Å². The molecule has 0 radical (unpaired) electrons. The number of aromatic carboxylic acids is 3. The number of rotatable bonds is 10. The van der Waals surface area contributed by atoms with E-state index in [1.807, 2.05) is 6.07 Å². The third-order valence-electron chi connectivity index (χ3n) is 6.17. The summed E-state index contributed by atoms with van der Waals surface area (Å²) in [5, 5.41) is 32.7. The summed E-state index contributed by atoms with van der Waals surface area (Å²) in [4.78, 5) is 61.5. The van der Waals surface area contributed by atoms with Crippen molar-refractivity contribution in [1.82, 2.24) is 0 Å². The monoisotopic (exact) mass is 584 g/mol. The highest BCUT2D eigenvalue weighted by Crippen LogP contribution is 2.37. The number of thioether (sulfide) groups is 1. The average molecular weight is 585 g/mol. The van der Waals surface area contributed by atoms with Crippen LogP contribution in [0.4, 0.5) is 11.4 Å². The van der Waals surface area contributed by atoms with Gasteiger partial charge in [0.05, 0.1) is 22.3 Å². The van der Waals surface area contributed by atoms with Gasteiger partial charge < -0.3 is 26.0 Å². The molecule has 0 aromatic heterocycles. The zero-order valence-corrected chi connectivity index (χ0v) is 22.8. The first-order valence-electron chi connectivity index (χ1n) is 12.4. The third kappa shape index (κ3) is 7.01. The Bertz CT molecular complexity index is 1700. The number of nitrogens with one attached hydrogen (secondary N) is 2. The zero-order valence-electron chi connectivity index (χ0n) is 22.0. The van der Waals surface area contributed by atoms with Crippen molar-refractivity contribution in [3.05, 3.63) is 124 Å². The molecule has 2 amide bonds. The number of carboxylic acids is 3. The predicted octanol–water partition coefficient (Wildman–Crippen LogP) is 5.81.